The van der Waals surface area contributed by atoms with Gasteiger partial charge in [0.15, 0.2) is 0 Å². The van der Waals surface area contributed by atoms with Crippen molar-refractivity contribution >= 4 is 56.0 Å². The van der Waals surface area contributed by atoms with Gasteiger partial charge in [-0.15, -0.1) is 65.8 Å². The zero-order chi connectivity index (χ0) is 36.0. The molecule has 0 fully saturated rings. The first-order chi connectivity index (χ1) is 26.7. The Morgan fingerprint density at radius 3 is 1.89 bits per heavy atom. The van der Waals surface area contributed by atoms with E-state index in [9.17, 15) is 0 Å². The van der Waals surface area contributed by atoms with E-state index in [1.165, 1.54) is 0 Å². The molecule has 0 unspecified atom stereocenters. The van der Waals surface area contributed by atoms with Gasteiger partial charge < -0.3 is 14.4 Å². The summed E-state index contributed by atoms with van der Waals surface area (Å²) in [6.07, 6.45) is 3.69. The first-order valence-electron chi connectivity index (χ1n) is 18.0. The van der Waals surface area contributed by atoms with Crippen LogP contribution >= 0.6 is 0 Å². The standard InChI is InChI=1S/C48H33N6.Pt/c1-51-32-50-47-40-28-27-37(31-43(40)54(48(47)51)44-26-13-14-29-49-44)46(45(34-16-5-2-6-17-34)35-18-7-3-8-19-35)36-20-15-23-39(30-36)53-33-52(38-21-9-4-10-22-38)41-24-11-12-25-42(41)53;/h2-29,32-33H,1H3;/q-3;. The van der Waals surface area contributed by atoms with E-state index in [0.29, 0.717) is 0 Å². The summed E-state index contributed by atoms with van der Waals surface area (Å²) in [6, 6.07) is 64.8. The second kappa shape index (κ2) is 14.4. The molecule has 1 aliphatic heterocycles. The van der Waals surface area contributed by atoms with Crippen LogP contribution in [-0.2, 0) is 28.1 Å². The minimum absolute atomic E-state index is 0. The molecular weight excluding hydrogens is 856 g/mol. The molecule has 7 heteroatoms. The maximum absolute atomic E-state index is 4.82. The summed E-state index contributed by atoms with van der Waals surface area (Å²) in [6.45, 7) is 2.16. The fraction of sp³-hybridized carbons (Fsp3) is 0.0208. The first kappa shape index (κ1) is 34.3. The molecule has 9 aromatic rings. The number of imidazole rings is 1. The Hall–Kier alpha value is -6.49. The summed E-state index contributed by atoms with van der Waals surface area (Å²) in [5.41, 5.74) is 13.2. The number of pyridine rings is 1. The fourth-order valence-electron chi connectivity index (χ4n) is 7.61. The Balaban J connectivity index is 0.00000397. The average molecular weight is 889 g/mol. The van der Waals surface area contributed by atoms with E-state index in [1.54, 1.807) is 0 Å². The van der Waals surface area contributed by atoms with Gasteiger partial charge in [-0.25, -0.2) is 9.97 Å². The number of benzene rings is 6. The third-order valence-corrected chi connectivity index (χ3v) is 10.0. The van der Waals surface area contributed by atoms with E-state index in [4.69, 9.17) is 9.97 Å². The van der Waals surface area contributed by atoms with Gasteiger partial charge in [0.05, 0.1) is 11.8 Å². The smallest absolute Gasteiger partial charge is 0.137 e. The Morgan fingerprint density at radius 1 is 0.564 bits per heavy atom. The van der Waals surface area contributed by atoms with E-state index in [0.717, 1.165) is 84.0 Å². The van der Waals surface area contributed by atoms with Crippen LogP contribution in [0.4, 0.5) is 22.7 Å². The molecule has 0 N–H and O–H groups in total. The molecule has 268 valence electrons. The van der Waals surface area contributed by atoms with Gasteiger partial charge in [0.25, 0.3) is 0 Å². The summed E-state index contributed by atoms with van der Waals surface area (Å²) in [7, 11) is 2.02. The molecule has 0 radical (unpaired) electrons. The van der Waals surface area contributed by atoms with E-state index in [-0.39, 0.29) is 21.1 Å². The van der Waals surface area contributed by atoms with E-state index < -0.39 is 0 Å². The van der Waals surface area contributed by atoms with Crippen LogP contribution in [0.15, 0.2) is 176 Å². The third-order valence-electron chi connectivity index (χ3n) is 10.0. The van der Waals surface area contributed by atoms with Crippen molar-refractivity contribution in [2.75, 3.05) is 9.80 Å². The van der Waals surface area contributed by atoms with Gasteiger partial charge in [0, 0.05) is 51.4 Å². The number of hydrogen-bond acceptors (Lipinski definition) is 4. The minimum Gasteiger partial charge on any atom is -0.488 e. The number of hydrogen-bond donors (Lipinski definition) is 0. The largest absolute Gasteiger partial charge is 0.488 e. The van der Waals surface area contributed by atoms with Crippen molar-refractivity contribution in [3.05, 3.63) is 217 Å². The number of fused-ring (bicyclic) bond motifs is 4. The maximum Gasteiger partial charge on any atom is 0.137 e. The van der Waals surface area contributed by atoms with Crippen LogP contribution in [0.1, 0.15) is 22.3 Å². The summed E-state index contributed by atoms with van der Waals surface area (Å²) in [4.78, 5) is 14.1. The molecule has 0 spiro atoms. The van der Waals surface area contributed by atoms with Crippen LogP contribution in [0.3, 0.4) is 0 Å². The van der Waals surface area contributed by atoms with Gasteiger partial charge in [-0.3, -0.25) is 4.57 Å². The Morgan fingerprint density at radius 2 is 1.20 bits per heavy atom. The molecule has 10 rings (SSSR count). The molecule has 55 heavy (non-hydrogen) atoms. The molecule has 0 bridgehead atoms. The molecule has 0 atom stereocenters. The number of aryl methyl sites for hydroxylation is 1. The summed E-state index contributed by atoms with van der Waals surface area (Å²) < 4.78 is 4.21. The number of nitrogens with zero attached hydrogens (tertiary/aromatic N) is 6. The number of anilines is 4. The SMILES string of the molecule is Cn1cnc2c3ccc(C(=C(c4ccccc4)c4ccccc4)c4[c-]c(N5[CH-]N(c6ccccc6)c6ccccc65)ccc4)[c-]c3n(-c3ccccn3)c21.[Pt]. The van der Waals surface area contributed by atoms with Crippen LogP contribution in [0.5, 0.6) is 0 Å². The molecule has 6 aromatic carbocycles. The molecule has 0 amide bonds. The average Bonchev–Trinajstić information content (AvgIpc) is 3.92. The summed E-state index contributed by atoms with van der Waals surface area (Å²) in [5.74, 6) is 0.811. The molecule has 4 heterocycles. The van der Waals surface area contributed by atoms with Gasteiger partial charge in [0.1, 0.15) is 11.5 Å². The minimum atomic E-state index is 0. The molecule has 3 aromatic heterocycles. The number of rotatable bonds is 7. The molecular formula is C48H33N6Pt-3. The molecule has 0 aliphatic carbocycles. The fourth-order valence-corrected chi connectivity index (χ4v) is 7.61. The van der Waals surface area contributed by atoms with Crippen molar-refractivity contribution < 1.29 is 21.1 Å². The monoisotopic (exact) mass is 888 g/mol. The van der Waals surface area contributed by atoms with Crippen LogP contribution in [-0.4, -0.2) is 19.1 Å². The quantitative estimate of drug-likeness (QED) is 0.118. The van der Waals surface area contributed by atoms with Crippen LogP contribution in [0.2, 0.25) is 0 Å². The number of aromatic nitrogens is 4. The second-order valence-electron chi connectivity index (χ2n) is 13.3. The van der Waals surface area contributed by atoms with Crippen LogP contribution in [0, 0.1) is 18.8 Å². The first-order valence-corrected chi connectivity index (χ1v) is 18.0. The van der Waals surface area contributed by atoms with Gasteiger partial charge in [-0.1, -0.05) is 108 Å². The van der Waals surface area contributed by atoms with Crippen molar-refractivity contribution in [1.29, 1.82) is 0 Å². The van der Waals surface area contributed by atoms with Crippen molar-refractivity contribution in [3.63, 3.8) is 0 Å². The summed E-state index contributed by atoms with van der Waals surface area (Å²) in [5, 5.41) is 1.02. The van der Waals surface area contributed by atoms with Crippen LogP contribution < -0.4 is 9.80 Å². The van der Waals surface area contributed by atoms with Crippen molar-refractivity contribution in [2.45, 2.75) is 0 Å². The van der Waals surface area contributed by atoms with Crippen molar-refractivity contribution in [2.24, 2.45) is 7.05 Å². The predicted molar refractivity (Wildman–Crippen MR) is 219 cm³/mol. The Kier molecular flexibility index (Phi) is 8.97. The normalized spacial score (nSPS) is 12.2. The van der Waals surface area contributed by atoms with Crippen LogP contribution in [0.25, 0.3) is 39.0 Å². The van der Waals surface area contributed by atoms with E-state index in [2.05, 4.69) is 173 Å². The number of para-hydroxylation sites is 3. The molecule has 1 aliphatic rings. The Bertz CT molecular complexity index is 2770. The molecule has 6 nitrogen and oxygen atoms in total. The maximum atomic E-state index is 4.82. The van der Waals surface area contributed by atoms with Gasteiger partial charge in [0.2, 0.25) is 0 Å². The van der Waals surface area contributed by atoms with Gasteiger partial charge >= 0.3 is 0 Å². The van der Waals surface area contributed by atoms with Crippen molar-refractivity contribution in [1.82, 2.24) is 19.1 Å². The topological polar surface area (TPSA) is 42.1 Å². The molecule has 0 saturated carbocycles. The van der Waals surface area contributed by atoms with Crippen molar-refractivity contribution in [3.8, 4) is 5.82 Å². The van der Waals surface area contributed by atoms with E-state index in [1.807, 2.05) is 48.4 Å². The third kappa shape index (κ3) is 5.96. The van der Waals surface area contributed by atoms with Gasteiger partial charge in [-0.05, 0) is 58.6 Å². The Labute approximate surface area is 334 Å². The predicted octanol–water partition coefficient (Wildman–Crippen LogP) is 10.9. The zero-order valence-electron chi connectivity index (χ0n) is 29.8. The summed E-state index contributed by atoms with van der Waals surface area (Å²) >= 11 is 0. The molecule has 0 saturated heterocycles. The second-order valence-corrected chi connectivity index (χ2v) is 13.3. The van der Waals surface area contributed by atoms with Gasteiger partial charge in [-0.2, -0.15) is 0 Å². The van der Waals surface area contributed by atoms with E-state index >= 15 is 0 Å². The zero-order valence-corrected chi connectivity index (χ0v) is 32.1.